The Bertz CT molecular complexity index is 703. The minimum Gasteiger partial charge on any atom is -0.465 e. The number of benzene rings is 1. The highest BCUT2D eigenvalue weighted by atomic mass is 16.5. The van der Waals surface area contributed by atoms with Crippen LogP contribution in [0.5, 0.6) is 0 Å². The van der Waals surface area contributed by atoms with Gasteiger partial charge in [0.15, 0.2) is 5.69 Å². The summed E-state index contributed by atoms with van der Waals surface area (Å²) < 4.78 is 9.56. The molecule has 1 heterocycles. The van der Waals surface area contributed by atoms with Crippen molar-refractivity contribution >= 4 is 23.4 Å². The van der Waals surface area contributed by atoms with Crippen molar-refractivity contribution in [1.29, 1.82) is 0 Å². The summed E-state index contributed by atoms with van der Waals surface area (Å²) >= 11 is 0. The number of aromatic nitrogens is 2. The number of rotatable bonds is 7. The molecule has 24 heavy (non-hydrogen) atoms. The lowest BCUT2D eigenvalue weighted by Crippen LogP contribution is -2.16. The van der Waals surface area contributed by atoms with Crippen LogP contribution in [0.25, 0.3) is 0 Å². The summed E-state index contributed by atoms with van der Waals surface area (Å²) in [7, 11) is 2.90. The van der Waals surface area contributed by atoms with E-state index in [-0.39, 0.29) is 5.69 Å². The predicted molar refractivity (Wildman–Crippen MR) is 88.1 cm³/mol. The van der Waals surface area contributed by atoms with Crippen LogP contribution in [0.1, 0.15) is 20.8 Å². The molecule has 0 bridgehead atoms. The molecule has 2 rings (SSSR count). The highest BCUT2D eigenvalue weighted by Gasteiger charge is 2.11. The van der Waals surface area contributed by atoms with E-state index < -0.39 is 11.9 Å². The summed E-state index contributed by atoms with van der Waals surface area (Å²) in [6, 6.07) is 9.65. The summed E-state index contributed by atoms with van der Waals surface area (Å²) in [4.78, 5) is 23.7. The Hall–Kier alpha value is -3.00. The fraction of sp³-hybridized carbons (Fsp3) is 0.250. The second-order valence-corrected chi connectivity index (χ2v) is 4.75. The summed E-state index contributed by atoms with van der Waals surface area (Å²) in [6.45, 7) is 1.14. The van der Waals surface area contributed by atoms with E-state index in [1.165, 1.54) is 13.2 Å². The molecule has 0 unspecified atom stereocenters. The van der Waals surface area contributed by atoms with Gasteiger partial charge in [-0.25, -0.2) is 4.79 Å². The maximum atomic E-state index is 12.2. The van der Waals surface area contributed by atoms with Crippen LogP contribution in [-0.4, -0.2) is 49.4 Å². The third kappa shape index (κ3) is 4.75. The lowest BCUT2D eigenvalue weighted by molar-refractivity contribution is 0.0600. The van der Waals surface area contributed by atoms with Crippen LogP contribution >= 0.6 is 0 Å². The number of esters is 1. The largest absolute Gasteiger partial charge is 0.465 e. The van der Waals surface area contributed by atoms with E-state index in [4.69, 9.17) is 4.74 Å². The second-order valence-electron chi connectivity index (χ2n) is 4.75. The normalized spacial score (nSPS) is 10.1. The average Bonchev–Trinajstić information content (AvgIpc) is 2.62. The Morgan fingerprint density at radius 3 is 2.62 bits per heavy atom. The Labute approximate surface area is 139 Å². The van der Waals surface area contributed by atoms with Crippen LogP contribution in [0.2, 0.25) is 0 Å². The first-order valence-corrected chi connectivity index (χ1v) is 7.20. The topological polar surface area (TPSA) is 102 Å². The third-order valence-corrected chi connectivity index (χ3v) is 3.05. The molecule has 0 fully saturated rings. The van der Waals surface area contributed by atoms with E-state index in [1.54, 1.807) is 37.4 Å². The number of hydrogen-bond donors (Lipinski definition) is 2. The van der Waals surface area contributed by atoms with Gasteiger partial charge in [0.2, 0.25) is 0 Å². The molecule has 0 aliphatic rings. The average molecular weight is 330 g/mol. The second kappa shape index (κ2) is 8.59. The van der Waals surface area contributed by atoms with Crippen molar-refractivity contribution in [3.8, 4) is 0 Å². The number of nitrogens with one attached hydrogen (secondary N) is 2. The first-order chi connectivity index (χ1) is 11.6. The predicted octanol–water partition coefficient (Wildman–Crippen LogP) is 1.57. The molecular weight excluding hydrogens is 312 g/mol. The minimum absolute atomic E-state index is 0.163. The molecular formula is C16H18N4O4. The maximum Gasteiger partial charge on any atom is 0.337 e. The Morgan fingerprint density at radius 2 is 1.96 bits per heavy atom. The summed E-state index contributed by atoms with van der Waals surface area (Å²) in [5.41, 5.74) is 0.974. The first kappa shape index (κ1) is 17.4. The SMILES string of the molecule is COCCNc1ccc(C(=O)Nc2cccc(C(=O)OC)c2)nn1. The van der Waals surface area contributed by atoms with Crippen molar-refractivity contribution in [3.63, 3.8) is 0 Å². The number of carbonyl (C=O) groups is 2. The summed E-state index contributed by atoms with van der Waals surface area (Å²) in [5.74, 6) is -0.346. The molecule has 1 aromatic heterocycles. The molecule has 8 heteroatoms. The number of anilines is 2. The van der Waals surface area contributed by atoms with Gasteiger partial charge < -0.3 is 20.1 Å². The quantitative estimate of drug-likeness (QED) is 0.587. The summed E-state index contributed by atoms with van der Waals surface area (Å²) in [6.07, 6.45) is 0. The molecule has 0 aliphatic heterocycles. The molecule has 0 saturated carbocycles. The number of methoxy groups -OCH3 is 2. The highest BCUT2D eigenvalue weighted by Crippen LogP contribution is 2.13. The Kier molecular flexibility index (Phi) is 6.21. The van der Waals surface area contributed by atoms with Crippen LogP contribution < -0.4 is 10.6 Å². The number of amides is 1. The van der Waals surface area contributed by atoms with E-state index in [1.807, 2.05) is 0 Å². The van der Waals surface area contributed by atoms with Crippen molar-refractivity contribution in [2.75, 3.05) is 38.0 Å². The highest BCUT2D eigenvalue weighted by molar-refractivity contribution is 6.03. The van der Waals surface area contributed by atoms with Gasteiger partial charge in [0.1, 0.15) is 5.82 Å². The van der Waals surface area contributed by atoms with E-state index in [0.29, 0.717) is 30.2 Å². The van der Waals surface area contributed by atoms with Crippen LogP contribution in [-0.2, 0) is 9.47 Å². The van der Waals surface area contributed by atoms with Gasteiger partial charge in [-0.05, 0) is 30.3 Å². The molecule has 8 nitrogen and oxygen atoms in total. The zero-order valence-corrected chi connectivity index (χ0v) is 13.4. The van der Waals surface area contributed by atoms with Gasteiger partial charge in [-0.3, -0.25) is 4.79 Å². The molecule has 2 aromatic rings. The zero-order chi connectivity index (χ0) is 17.4. The molecule has 2 N–H and O–H groups in total. The fourth-order valence-electron chi connectivity index (χ4n) is 1.87. The molecule has 0 aliphatic carbocycles. The monoisotopic (exact) mass is 330 g/mol. The van der Waals surface area contributed by atoms with Crippen molar-refractivity contribution in [2.45, 2.75) is 0 Å². The number of carbonyl (C=O) groups excluding carboxylic acids is 2. The Balaban J connectivity index is 2.00. The summed E-state index contributed by atoms with van der Waals surface area (Å²) in [5, 5.41) is 13.5. The van der Waals surface area contributed by atoms with Gasteiger partial charge in [0.05, 0.1) is 19.3 Å². The number of nitrogens with zero attached hydrogens (tertiary/aromatic N) is 2. The molecule has 1 aromatic carbocycles. The Morgan fingerprint density at radius 1 is 1.12 bits per heavy atom. The molecule has 0 spiro atoms. The van der Waals surface area contributed by atoms with Crippen LogP contribution in [0, 0.1) is 0 Å². The minimum atomic E-state index is -0.475. The molecule has 1 amide bonds. The van der Waals surface area contributed by atoms with Crippen molar-refractivity contribution < 1.29 is 19.1 Å². The molecule has 0 saturated heterocycles. The van der Waals surface area contributed by atoms with E-state index in [2.05, 4.69) is 25.6 Å². The maximum absolute atomic E-state index is 12.2. The van der Waals surface area contributed by atoms with Gasteiger partial charge >= 0.3 is 5.97 Å². The smallest absolute Gasteiger partial charge is 0.337 e. The van der Waals surface area contributed by atoms with E-state index in [0.717, 1.165) is 0 Å². The standard InChI is InChI=1S/C16H18N4O4/c1-23-9-8-17-14-7-6-13(19-20-14)15(21)18-12-5-3-4-11(10-12)16(22)24-2/h3-7,10H,8-9H2,1-2H3,(H,17,20)(H,18,21). The zero-order valence-electron chi connectivity index (χ0n) is 13.4. The molecule has 0 radical (unpaired) electrons. The van der Waals surface area contributed by atoms with Gasteiger partial charge in [-0.1, -0.05) is 6.07 Å². The van der Waals surface area contributed by atoms with Gasteiger partial charge in [-0.2, -0.15) is 0 Å². The van der Waals surface area contributed by atoms with Crippen molar-refractivity contribution in [1.82, 2.24) is 10.2 Å². The number of ether oxygens (including phenoxy) is 2. The van der Waals surface area contributed by atoms with Gasteiger partial charge in [-0.15, -0.1) is 10.2 Å². The van der Waals surface area contributed by atoms with Crippen LogP contribution in [0.15, 0.2) is 36.4 Å². The third-order valence-electron chi connectivity index (χ3n) is 3.05. The van der Waals surface area contributed by atoms with Crippen molar-refractivity contribution in [2.24, 2.45) is 0 Å². The lowest BCUT2D eigenvalue weighted by atomic mass is 10.2. The van der Waals surface area contributed by atoms with E-state index in [9.17, 15) is 9.59 Å². The lowest BCUT2D eigenvalue weighted by Gasteiger charge is -2.07. The van der Waals surface area contributed by atoms with Gasteiger partial charge in [0, 0.05) is 19.3 Å². The molecule has 126 valence electrons. The van der Waals surface area contributed by atoms with Crippen LogP contribution in [0.4, 0.5) is 11.5 Å². The number of hydrogen-bond acceptors (Lipinski definition) is 7. The molecule has 0 atom stereocenters. The fourth-order valence-corrected chi connectivity index (χ4v) is 1.87. The van der Waals surface area contributed by atoms with Crippen molar-refractivity contribution in [3.05, 3.63) is 47.7 Å². The van der Waals surface area contributed by atoms with Gasteiger partial charge in [0.25, 0.3) is 5.91 Å². The first-order valence-electron chi connectivity index (χ1n) is 7.20. The van der Waals surface area contributed by atoms with E-state index >= 15 is 0 Å². The van der Waals surface area contributed by atoms with Crippen LogP contribution in [0.3, 0.4) is 0 Å².